The fraction of sp³-hybridized carbons (Fsp3) is 0.483. The van der Waals surface area contributed by atoms with Crippen LogP contribution in [0, 0.1) is 5.92 Å². The van der Waals surface area contributed by atoms with Crippen LogP contribution in [0.2, 0.25) is 0 Å². The van der Waals surface area contributed by atoms with Crippen molar-refractivity contribution in [2.45, 2.75) is 63.7 Å². The minimum atomic E-state index is -0.660. The topological polar surface area (TPSA) is 81.8 Å². The van der Waals surface area contributed by atoms with Crippen molar-refractivity contribution < 1.29 is 14.4 Å². The van der Waals surface area contributed by atoms with Crippen molar-refractivity contribution in [1.29, 1.82) is 0 Å². The van der Waals surface area contributed by atoms with Gasteiger partial charge in [-0.25, -0.2) is 0 Å². The van der Waals surface area contributed by atoms with Gasteiger partial charge in [0.15, 0.2) is 0 Å². The average Bonchev–Trinajstić information content (AvgIpc) is 3.33. The molecule has 4 atom stereocenters. The van der Waals surface area contributed by atoms with E-state index in [1.807, 2.05) is 81.6 Å². The molecule has 2 heterocycles. The van der Waals surface area contributed by atoms with Gasteiger partial charge in [-0.3, -0.25) is 14.4 Å². The lowest BCUT2D eigenvalue weighted by molar-refractivity contribution is -0.145. The largest absolute Gasteiger partial charge is 0.343 e. The number of carbonyl (C=O) groups excluding carboxylic acids is 3. The third kappa shape index (κ3) is 5.78. The minimum absolute atomic E-state index is 0.00842. The van der Waals surface area contributed by atoms with Crippen LogP contribution in [0.15, 0.2) is 60.7 Å². The predicted octanol–water partition coefficient (Wildman–Crippen LogP) is 3.12. The van der Waals surface area contributed by atoms with Crippen molar-refractivity contribution in [3.63, 3.8) is 0 Å². The predicted molar refractivity (Wildman–Crippen MR) is 140 cm³/mol. The summed E-state index contributed by atoms with van der Waals surface area (Å²) in [5.74, 6) is -0.587. The highest BCUT2D eigenvalue weighted by molar-refractivity contribution is 5.93. The van der Waals surface area contributed by atoms with Gasteiger partial charge < -0.3 is 20.4 Å². The lowest BCUT2D eigenvalue weighted by Crippen LogP contribution is -2.60. The first-order valence-electron chi connectivity index (χ1n) is 13.1. The Morgan fingerprint density at radius 3 is 2.17 bits per heavy atom. The monoisotopic (exact) mass is 490 g/mol. The molecule has 192 valence electrons. The molecule has 2 aliphatic rings. The van der Waals surface area contributed by atoms with Crippen LogP contribution in [-0.2, 0) is 14.4 Å². The summed E-state index contributed by atoms with van der Waals surface area (Å²) < 4.78 is 0. The van der Waals surface area contributed by atoms with Gasteiger partial charge in [0.1, 0.15) is 12.1 Å². The van der Waals surface area contributed by atoms with Crippen LogP contribution >= 0.6 is 0 Å². The Balaban J connectivity index is 1.57. The smallest absolute Gasteiger partial charge is 0.247 e. The van der Waals surface area contributed by atoms with Gasteiger partial charge in [-0.15, -0.1) is 0 Å². The number of hydrogen-bond acceptors (Lipinski definition) is 4. The standard InChI is InChI=1S/C29H38N4O3/c1-4-20(2)27(34)30-24-19-32(3)18-17-23-15-16-25(33(23)29(24)36)28(35)31-26(21-11-7-5-8-12-21)22-13-9-6-10-14-22/h5-14,20,23-26H,4,15-19H2,1-3H3,(H,30,34)(H,31,35)/t20-,23-,24+,25+/m1/s1. The summed E-state index contributed by atoms with van der Waals surface area (Å²) in [5.41, 5.74) is 1.98. The molecular formula is C29H38N4O3. The first-order valence-corrected chi connectivity index (χ1v) is 13.1. The highest BCUT2D eigenvalue weighted by Crippen LogP contribution is 2.30. The van der Waals surface area contributed by atoms with Crippen molar-refractivity contribution in [3.8, 4) is 0 Å². The fourth-order valence-electron chi connectivity index (χ4n) is 5.28. The Hall–Kier alpha value is -3.19. The van der Waals surface area contributed by atoms with Gasteiger partial charge in [0.05, 0.1) is 6.04 Å². The van der Waals surface area contributed by atoms with Gasteiger partial charge >= 0.3 is 0 Å². The molecular weight excluding hydrogens is 452 g/mol. The van der Waals surface area contributed by atoms with E-state index < -0.39 is 12.1 Å². The maximum Gasteiger partial charge on any atom is 0.247 e. The molecule has 3 amide bonds. The Morgan fingerprint density at radius 2 is 1.58 bits per heavy atom. The third-order valence-corrected chi connectivity index (χ3v) is 7.62. The molecule has 2 saturated heterocycles. The number of rotatable bonds is 7. The molecule has 7 heteroatoms. The van der Waals surface area contributed by atoms with Crippen LogP contribution in [0.25, 0.3) is 0 Å². The second kappa shape index (κ2) is 11.7. The summed E-state index contributed by atoms with van der Waals surface area (Å²) in [6.45, 7) is 5.09. The normalized spacial score (nSPS) is 23.5. The number of nitrogens with one attached hydrogen (secondary N) is 2. The number of amides is 3. The van der Waals surface area contributed by atoms with E-state index in [-0.39, 0.29) is 35.7 Å². The molecule has 2 N–H and O–H groups in total. The summed E-state index contributed by atoms with van der Waals surface area (Å²) >= 11 is 0. The van der Waals surface area contributed by atoms with Crippen LogP contribution in [-0.4, -0.2) is 65.8 Å². The molecule has 0 unspecified atom stereocenters. The molecule has 2 aliphatic heterocycles. The van der Waals surface area contributed by atoms with Crippen molar-refractivity contribution in [2.24, 2.45) is 5.92 Å². The van der Waals surface area contributed by atoms with Crippen LogP contribution in [0.5, 0.6) is 0 Å². The van der Waals surface area contributed by atoms with E-state index in [0.29, 0.717) is 19.4 Å². The van der Waals surface area contributed by atoms with E-state index in [0.717, 1.165) is 30.5 Å². The van der Waals surface area contributed by atoms with E-state index in [9.17, 15) is 14.4 Å². The number of fused-ring (bicyclic) bond motifs is 1. The summed E-state index contributed by atoms with van der Waals surface area (Å²) in [7, 11) is 1.98. The van der Waals surface area contributed by atoms with E-state index in [1.165, 1.54) is 0 Å². The average molecular weight is 491 g/mol. The molecule has 0 bridgehead atoms. The highest BCUT2D eigenvalue weighted by atomic mass is 16.2. The molecule has 2 aromatic rings. The van der Waals surface area contributed by atoms with Crippen LogP contribution in [0.1, 0.15) is 56.7 Å². The molecule has 7 nitrogen and oxygen atoms in total. The van der Waals surface area contributed by atoms with E-state index in [2.05, 4.69) is 15.5 Å². The summed E-state index contributed by atoms with van der Waals surface area (Å²) in [6.07, 6.45) is 2.93. The summed E-state index contributed by atoms with van der Waals surface area (Å²) in [6, 6.07) is 18.3. The first-order chi connectivity index (χ1) is 17.4. The summed E-state index contributed by atoms with van der Waals surface area (Å²) in [4.78, 5) is 44.1. The van der Waals surface area contributed by atoms with Crippen molar-refractivity contribution >= 4 is 17.7 Å². The second-order valence-electron chi connectivity index (χ2n) is 10.2. The lowest BCUT2D eigenvalue weighted by atomic mass is 9.98. The first kappa shape index (κ1) is 25.9. The van der Waals surface area contributed by atoms with Crippen LogP contribution < -0.4 is 10.6 Å². The molecule has 0 aromatic heterocycles. The quantitative estimate of drug-likeness (QED) is 0.625. The Morgan fingerprint density at radius 1 is 0.972 bits per heavy atom. The SMILES string of the molecule is CC[C@@H](C)C(=O)N[C@H]1CN(C)CC[C@H]2CC[C@@H](C(=O)NC(c3ccccc3)c3ccccc3)N2C1=O. The lowest BCUT2D eigenvalue weighted by Gasteiger charge is -2.38. The van der Waals surface area contributed by atoms with Gasteiger partial charge in [-0.1, -0.05) is 74.5 Å². The molecule has 0 radical (unpaired) electrons. The molecule has 0 aliphatic carbocycles. The zero-order valence-electron chi connectivity index (χ0n) is 21.5. The number of hydrogen-bond donors (Lipinski definition) is 2. The maximum atomic E-state index is 13.8. The van der Waals surface area contributed by atoms with E-state index >= 15 is 0 Å². The van der Waals surface area contributed by atoms with E-state index in [4.69, 9.17) is 0 Å². The Labute approximate surface area is 214 Å². The zero-order valence-corrected chi connectivity index (χ0v) is 21.5. The summed E-state index contributed by atoms with van der Waals surface area (Å²) in [5, 5.41) is 6.22. The van der Waals surface area contributed by atoms with Crippen LogP contribution in [0.4, 0.5) is 0 Å². The minimum Gasteiger partial charge on any atom is -0.343 e. The molecule has 0 spiro atoms. The van der Waals surface area contributed by atoms with Gasteiger partial charge in [0.25, 0.3) is 0 Å². The van der Waals surface area contributed by atoms with Gasteiger partial charge in [-0.05, 0) is 50.4 Å². The highest BCUT2D eigenvalue weighted by Gasteiger charge is 2.45. The van der Waals surface area contributed by atoms with Crippen molar-refractivity contribution in [3.05, 3.63) is 71.8 Å². The fourth-order valence-corrected chi connectivity index (χ4v) is 5.28. The third-order valence-electron chi connectivity index (χ3n) is 7.62. The molecule has 36 heavy (non-hydrogen) atoms. The number of nitrogens with zero attached hydrogens (tertiary/aromatic N) is 2. The number of likely N-dealkylation sites (N-methyl/N-ethyl adjacent to an activating group) is 1. The van der Waals surface area contributed by atoms with E-state index in [1.54, 1.807) is 4.90 Å². The van der Waals surface area contributed by atoms with Gasteiger partial charge in [0, 0.05) is 18.5 Å². The molecule has 2 aromatic carbocycles. The van der Waals surface area contributed by atoms with Gasteiger partial charge in [-0.2, -0.15) is 0 Å². The zero-order chi connectivity index (χ0) is 25.7. The molecule has 2 fully saturated rings. The van der Waals surface area contributed by atoms with Crippen molar-refractivity contribution in [1.82, 2.24) is 20.4 Å². The van der Waals surface area contributed by atoms with Crippen LogP contribution in [0.3, 0.4) is 0 Å². The number of carbonyl (C=O) groups is 3. The van der Waals surface area contributed by atoms with Crippen molar-refractivity contribution in [2.75, 3.05) is 20.1 Å². The molecule has 4 rings (SSSR count). The maximum absolute atomic E-state index is 13.8. The molecule has 0 saturated carbocycles. The number of benzene rings is 2. The Bertz CT molecular complexity index is 1010. The van der Waals surface area contributed by atoms with Gasteiger partial charge in [0.2, 0.25) is 17.7 Å². The Kier molecular flexibility index (Phi) is 8.41. The second-order valence-corrected chi connectivity index (χ2v) is 10.2.